The van der Waals surface area contributed by atoms with E-state index in [2.05, 4.69) is 36.1 Å². The summed E-state index contributed by atoms with van der Waals surface area (Å²) in [4.78, 5) is 8.58. The molecule has 0 bridgehead atoms. The number of aromatic nitrogens is 2. The Bertz CT molecular complexity index is 393. The van der Waals surface area contributed by atoms with Gasteiger partial charge in [0.25, 0.3) is 0 Å². The van der Waals surface area contributed by atoms with E-state index in [-0.39, 0.29) is 0 Å². The minimum absolute atomic E-state index is 0.440. The predicted molar refractivity (Wildman–Crippen MR) is 79.5 cm³/mol. The van der Waals surface area contributed by atoms with Gasteiger partial charge in [0.15, 0.2) is 5.82 Å². The molecule has 0 saturated carbocycles. The van der Waals surface area contributed by atoms with Gasteiger partial charge in [0, 0.05) is 6.54 Å². The zero-order valence-electron chi connectivity index (χ0n) is 12.5. The van der Waals surface area contributed by atoms with Crippen LogP contribution in [-0.4, -0.2) is 23.1 Å². The molecule has 19 heavy (non-hydrogen) atoms. The minimum atomic E-state index is 0.440. The number of nitrogens with one attached hydrogen (secondary N) is 1. The molecular weight excluding hydrogens is 240 g/mol. The van der Waals surface area contributed by atoms with E-state index in [0.717, 1.165) is 13.0 Å². The molecule has 0 aliphatic heterocycles. The molecule has 0 spiro atoms. The van der Waals surface area contributed by atoms with Gasteiger partial charge in [0.05, 0.1) is 6.61 Å². The van der Waals surface area contributed by atoms with Gasteiger partial charge in [-0.3, -0.25) is 0 Å². The maximum atomic E-state index is 6.04. The van der Waals surface area contributed by atoms with Crippen LogP contribution in [0.1, 0.15) is 45.9 Å². The number of hydrogen-bond acceptors (Lipinski definition) is 5. The number of hydrogen-bond donors (Lipinski definition) is 2. The van der Waals surface area contributed by atoms with Crippen molar-refractivity contribution in [3.05, 3.63) is 5.82 Å². The van der Waals surface area contributed by atoms with Crippen LogP contribution in [-0.2, 0) is 0 Å². The molecule has 108 valence electrons. The van der Waals surface area contributed by atoms with Crippen molar-refractivity contribution in [2.75, 3.05) is 24.2 Å². The van der Waals surface area contributed by atoms with E-state index in [4.69, 9.17) is 10.5 Å². The summed E-state index contributed by atoms with van der Waals surface area (Å²) in [6.45, 7) is 9.69. The number of nitrogen functional groups attached to an aromatic ring is 1. The van der Waals surface area contributed by atoms with Crippen molar-refractivity contribution in [3.8, 4) is 5.88 Å². The molecule has 0 atom stereocenters. The minimum Gasteiger partial charge on any atom is -0.476 e. The van der Waals surface area contributed by atoms with Crippen molar-refractivity contribution in [2.24, 2.45) is 5.92 Å². The molecule has 1 rings (SSSR count). The number of anilines is 2. The first-order valence-corrected chi connectivity index (χ1v) is 7.05. The highest BCUT2D eigenvalue weighted by Gasteiger charge is 2.11. The van der Waals surface area contributed by atoms with Crippen LogP contribution in [0.3, 0.4) is 0 Å². The SMILES string of the molecule is CCCCCNc1nc(C)nc(OCC(C)C)c1N. The average Bonchev–Trinajstić information content (AvgIpc) is 2.36. The Balaban J connectivity index is 2.69. The Hall–Kier alpha value is -1.52. The van der Waals surface area contributed by atoms with E-state index in [1.54, 1.807) is 0 Å². The van der Waals surface area contributed by atoms with Crippen LogP contribution in [0, 0.1) is 12.8 Å². The summed E-state index contributed by atoms with van der Waals surface area (Å²) in [7, 11) is 0. The smallest absolute Gasteiger partial charge is 0.242 e. The van der Waals surface area contributed by atoms with Crippen LogP contribution in [0.5, 0.6) is 5.88 Å². The summed E-state index contributed by atoms with van der Waals surface area (Å²) in [5, 5.41) is 3.26. The molecule has 3 N–H and O–H groups in total. The fourth-order valence-corrected chi connectivity index (χ4v) is 1.63. The Morgan fingerprint density at radius 1 is 1.26 bits per heavy atom. The van der Waals surface area contributed by atoms with Crippen LogP contribution < -0.4 is 15.8 Å². The second kappa shape index (κ2) is 7.81. The summed E-state index contributed by atoms with van der Waals surface area (Å²) < 4.78 is 5.63. The van der Waals surface area contributed by atoms with Crippen LogP contribution in [0.2, 0.25) is 0 Å². The highest BCUT2D eigenvalue weighted by Crippen LogP contribution is 2.26. The van der Waals surface area contributed by atoms with Crippen LogP contribution in [0.15, 0.2) is 0 Å². The van der Waals surface area contributed by atoms with Gasteiger partial charge >= 0.3 is 0 Å². The van der Waals surface area contributed by atoms with E-state index < -0.39 is 0 Å². The quantitative estimate of drug-likeness (QED) is 0.708. The lowest BCUT2D eigenvalue weighted by Crippen LogP contribution is -2.12. The number of nitrogens with two attached hydrogens (primary N) is 1. The molecule has 5 nitrogen and oxygen atoms in total. The standard InChI is InChI=1S/C14H26N4O/c1-5-6-7-8-16-13-12(15)14(18-11(4)17-13)19-9-10(2)3/h10H,5-9,15H2,1-4H3,(H,16,17,18). The molecule has 0 unspecified atom stereocenters. The molecule has 1 aromatic heterocycles. The van der Waals surface area contributed by atoms with Gasteiger partial charge in [-0.2, -0.15) is 4.98 Å². The number of rotatable bonds is 8. The van der Waals surface area contributed by atoms with Crippen LogP contribution in [0.4, 0.5) is 11.5 Å². The summed E-state index contributed by atoms with van der Waals surface area (Å²) in [5.41, 5.74) is 6.54. The number of nitrogens with zero attached hydrogens (tertiary/aromatic N) is 2. The molecule has 0 radical (unpaired) electrons. The number of aryl methyl sites for hydroxylation is 1. The Kier molecular flexibility index (Phi) is 6.39. The van der Waals surface area contributed by atoms with E-state index in [0.29, 0.717) is 35.7 Å². The Labute approximate surface area is 116 Å². The molecular formula is C14H26N4O. The normalized spacial score (nSPS) is 10.8. The summed E-state index contributed by atoms with van der Waals surface area (Å²) in [6, 6.07) is 0. The third-order valence-electron chi connectivity index (χ3n) is 2.65. The molecule has 0 saturated heterocycles. The van der Waals surface area contributed by atoms with E-state index in [9.17, 15) is 0 Å². The van der Waals surface area contributed by atoms with Gasteiger partial charge in [0.2, 0.25) is 5.88 Å². The fourth-order valence-electron chi connectivity index (χ4n) is 1.63. The molecule has 1 heterocycles. The van der Waals surface area contributed by atoms with Crippen molar-refractivity contribution in [2.45, 2.75) is 47.0 Å². The van der Waals surface area contributed by atoms with E-state index >= 15 is 0 Å². The number of unbranched alkanes of at least 4 members (excludes halogenated alkanes) is 2. The molecule has 0 aliphatic carbocycles. The van der Waals surface area contributed by atoms with Gasteiger partial charge in [-0.15, -0.1) is 0 Å². The van der Waals surface area contributed by atoms with Gasteiger partial charge < -0.3 is 15.8 Å². The lowest BCUT2D eigenvalue weighted by atomic mass is 10.2. The van der Waals surface area contributed by atoms with Crippen molar-refractivity contribution >= 4 is 11.5 Å². The van der Waals surface area contributed by atoms with Gasteiger partial charge in [0.1, 0.15) is 11.5 Å². The second-order valence-electron chi connectivity index (χ2n) is 5.18. The maximum absolute atomic E-state index is 6.04. The molecule has 1 aromatic rings. The molecule has 5 heteroatoms. The Morgan fingerprint density at radius 3 is 2.63 bits per heavy atom. The molecule has 0 fully saturated rings. The lowest BCUT2D eigenvalue weighted by Gasteiger charge is -2.14. The van der Waals surface area contributed by atoms with Crippen LogP contribution in [0.25, 0.3) is 0 Å². The zero-order valence-corrected chi connectivity index (χ0v) is 12.5. The zero-order chi connectivity index (χ0) is 14.3. The Morgan fingerprint density at radius 2 is 2.00 bits per heavy atom. The lowest BCUT2D eigenvalue weighted by molar-refractivity contribution is 0.262. The molecule has 0 aromatic carbocycles. The second-order valence-corrected chi connectivity index (χ2v) is 5.18. The topological polar surface area (TPSA) is 73.1 Å². The highest BCUT2D eigenvalue weighted by molar-refractivity contribution is 5.66. The average molecular weight is 266 g/mol. The maximum Gasteiger partial charge on any atom is 0.242 e. The fraction of sp³-hybridized carbons (Fsp3) is 0.714. The summed E-state index contributed by atoms with van der Waals surface area (Å²) in [5.74, 6) is 2.28. The summed E-state index contributed by atoms with van der Waals surface area (Å²) >= 11 is 0. The third-order valence-corrected chi connectivity index (χ3v) is 2.65. The van der Waals surface area contributed by atoms with Crippen LogP contribution >= 0.6 is 0 Å². The highest BCUT2D eigenvalue weighted by atomic mass is 16.5. The van der Waals surface area contributed by atoms with Gasteiger partial charge in [-0.25, -0.2) is 4.98 Å². The number of ether oxygens (including phenoxy) is 1. The van der Waals surface area contributed by atoms with Gasteiger partial charge in [-0.1, -0.05) is 33.6 Å². The third kappa shape index (κ3) is 5.32. The first-order chi connectivity index (χ1) is 9.04. The predicted octanol–water partition coefficient (Wildman–Crippen LogP) is 3.00. The van der Waals surface area contributed by atoms with Gasteiger partial charge in [-0.05, 0) is 19.3 Å². The van der Waals surface area contributed by atoms with Crippen molar-refractivity contribution < 1.29 is 4.74 Å². The van der Waals surface area contributed by atoms with Crippen molar-refractivity contribution in [1.82, 2.24) is 9.97 Å². The van der Waals surface area contributed by atoms with Crippen molar-refractivity contribution in [1.29, 1.82) is 0 Å². The monoisotopic (exact) mass is 266 g/mol. The molecule has 0 aliphatic rings. The first kappa shape index (κ1) is 15.5. The van der Waals surface area contributed by atoms with E-state index in [1.165, 1.54) is 12.8 Å². The van der Waals surface area contributed by atoms with E-state index in [1.807, 2.05) is 6.92 Å². The summed E-state index contributed by atoms with van der Waals surface area (Å²) in [6.07, 6.45) is 3.51. The first-order valence-electron chi connectivity index (χ1n) is 7.05. The molecule has 0 amide bonds. The largest absolute Gasteiger partial charge is 0.476 e. The van der Waals surface area contributed by atoms with Crippen molar-refractivity contribution in [3.63, 3.8) is 0 Å².